The molecule has 360 valence electrons. The molecule has 0 unspecified atom stereocenters. The molecule has 0 radical (unpaired) electrons. The van der Waals surface area contributed by atoms with E-state index < -0.39 is 29.6 Å². The van der Waals surface area contributed by atoms with Gasteiger partial charge in [-0.05, 0) is 55.7 Å². The molecule has 0 spiro atoms. The van der Waals surface area contributed by atoms with Gasteiger partial charge in [-0.1, -0.05) is 43.5 Å². The summed E-state index contributed by atoms with van der Waals surface area (Å²) in [5.41, 5.74) is 8.10. The number of nitrogen functional groups attached to an aromatic ring is 1. The number of benzene rings is 1. The number of carbonyl (C=O) groups excluding carboxylic acids is 6. The number of anilines is 3. The molecule has 1 aromatic carbocycles. The quantitative estimate of drug-likeness (QED) is 0.0773. The van der Waals surface area contributed by atoms with E-state index in [-0.39, 0.29) is 79.5 Å². The number of urea groups is 1. The van der Waals surface area contributed by atoms with Crippen LogP contribution in [-0.2, 0) is 20.6 Å². The maximum absolute atomic E-state index is 13.6. The number of aromatic nitrogens is 5. The summed E-state index contributed by atoms with van der Waals surface area (Å²) >= 11 is 0. The third-order valence-corrected chi connectivity index (χ3v) is 12.3. The molecule has 4 aromatic heterocycles. The largest absolute Gasteiger partial charge is 0.416 e. The second kappa shape index (κ2) is 20.9. The second-order valence-corrected chi connectivity index (χ2v) is 17.1. The SMILES string of the molecule is Nc1ncc(/C=C/CCN(CC(=O)NC2CCCCC2)C(=O)CCNC(=O)c2ccc(N3CC(N4CCC(=O)NC4=O)C3)nc2)c2n[nH]c(-c3ccc(C(=O)Nc4cc(C(F)(F)F)ccn4)cc3)c12. The fraction of sp³-hybridized carbons (Fsp3) is 0.362. The van der Waals surface area contributed by atoms with Crippen LogP contribution in [0.4, 0.5) is 35.4 Å². The Morgan fingerprint density at radius 1 is 0.928 bits per heavy atom. The summed E-state index contributed by atoms with van der Waals surface area (Å²) in [6.45, 7) is 1.53. The first-order valence-electron chi connectivity index (χ1n) is 22.6. The highest BCUT2D eigenvalue weighted by molar-refractivity contribution is 6.06. The molecule has 22 heteroatoms. The second-order valence-electron chi connectivity index (χ2n) is 17.1. The number of imide groups is 1. The van der Waals surface area contributed by atoms with Crippen molar-refractivity contribution in [1.29, 1.82) is 0 Å². The third kappa shape index (κ3) is 11.6. The van der Waals surface area contributed by atoms with Gasteiger partial charge in [-0.25, -0.2) is 19.7 Å². The summed E-state index contributed by atoms with van der Waals surface area (Å²) in [6.07, 6.45) is 8.51. The highest BCUT2D eigenvalue weighted by Crippen LogP contribution is 2.33. The van der Waals surface area contributed by atoms with E-state index in [9.17, 15) is 41.9 Å². The molecular formula is C47H50F3N13O6. The number of amides is 7. The minimum absolute atomic E-state index is 0.0218. The van der Waals surface area contributed by atoms with Crippen LogP contribution in [0.2, 0.25) is 0 Å². The van der Waals surface area contributed by atoms with E-state index in [4.69, 9.17) is 5.73 Å². The van der Waals surface area contributed by atoms with Crippen molar-refractivity contribution in [1.82, 2.24) is 50.9 Å². The van der Waals surface area contributed by atoms with E-state index in [2.05, 4.69) is 46.4 Å². The lowest BCUT2D eigenvalue weighted by Gasteiger charge is -2.46. The van der Waals surface area contributed by atoms with Crippen molar-refractivity contribution < 1.29 is 41.9 Å². The third-order valence-electron chi connectivity index (χ3n) is 12.3. The van der Waals surface area contributed by atoms with Crippen molar-refractivity contribution in [2.75, 3.05) is 55.2 Å². The predicted octanol–water partition coefficient (Wildman–Crippen LogP) is 4.90. The number of aromatic amines is 1. The molecule has 0 atom stereocenters. The summed E-state index contributed by atoms with van der Waals surface area (Å²) in [5, 5.41) is 18.6. The fourth-order valence-corrected chi connectivity index (χ4v) is 8.49. The van der Waals surface area contributed by atoms with Crippen LogP contribution in [0, 0.1) is 0 Å². The number of H-pyrrole nitrogens is 1. The minimum Gasteiger partial charge on any atom is -0.383 e. The van der Waals surface area contributed by atoms with Crippen LogP contribution in [0.1, 0.15) is 83.2 Å². The Morgan fingerprint density at radius 2 is 1.70 bits per heavy atom. The van der Waals surface area contributed by atoms with Gasteiger partial charge < -0.3 is 36.4 Å². The Balaban J connectivity index is 0.862. The summed E-state index contributed by atoms with van der Waals surface area (Å²) < 4.78 is 39.5. The number of nitrogens with zero attached hydrogens (tertiary/aromatic N) is 7. The first-order valence-corrected chi connectivity index (χ1v) is 22.6. The number of nitrogens with two attached hydrogens (primary N) is 1. The van der Waals surface area contributed by atoms with Crippen LogP contribution >= 0.6 is 0 Å². The predicted molar refractivity (Wildman–Crippen MR) is 248 cm³/mol. The van der Waals surface area contributed by atoms with Crippen molar-refractivity contribution in [3.05, 3.63) is 95.5 Å². The van der Waals surface area contributed by atoms with E-state index in [0.29, 0.717) is 65.2 Å². The molecule has 1 aliphatic carbocycles. The molecule has 0 bridgehead atoms. The maximum Gasteiger partial charge on any atom is 0.416 e. The molecule has 8 rings (SSSR count). The number of rotatable bonds is 16. The van der Waals surface area contributed by atoms with Crippen molar-refractivity contribution in [3.8, 4) is 11.3 Å². The Bertz CT molecular complexity index is 2750. The van der Waals surface area contributed by atoms with E-state index in [1.807, 2.05) is 11.0 Å². The molecule has 3 aliphatic rings. The van der Waals surface area contributed by atoms with E-state index in [1.54, 1.807) is 41.4 Å². The molecule has 1 saturated carbocycles. The number of nitrogens with one attached hydrogen (secondary N) is 5. The number of carbonyl (C=O) groups is 6. The van der Waals surface area contributed by atoms with Gasteiger partial charge in [-0.2, -0.15) is 18.3 Å². The van der Waals surface area contributed by atoms with Crippen LogP contribution in [0.3, 0.4) is 0 Å². The Kier molecular flexibility index (Phi) is 14.4. The van der Waals surface area contributed by atoms with Crippen molar-refractivity contribution >= 4 is 70.0 Å². The van der Waals surface area contributed by atoms with Gasteiger partial charge in [0.15, 0.2) is 0 Å². The van der Waals surface area contributed by atoms with Crippen molar-refractivity contribution in [3.63, 3.8) is 0 Å². The Hall–Kier alpha value is -7.91. The average molecular weight is 950 g/mol. The summed E-state index contributed by atoms with van der Waals surface area (Å²) in [5.74, 6) is -1.34. The smallest absolute Gasteiger partial charge is 0.383 e. The van der Waals surface area contributed by atoms with E-state index in [1.165, 1.54) is 23.2 Å². The van der Waals surface area contributed by atoms with Gasteiger partial charge >= 0.3 is 12.2 Å². The lowest BCUT2D eigenvalue weighted by molar-refractivity contribution is -0.137. The molecule has 7 N–H and O–H groups in total. The van der Waals surface area contributed by atoms with Gasteiger partial charge in [0.2, 0.25) is 17.7 Å². The number of hydrogen-bond donors (Lipinski definition) is 6. The summed E-state index contributed by atoms with van der Waals surface area (Å²) in [7, 11) is 0. The zero-order valence-corrected chi connectivity index (χ0v) is 37.4. The summed E-state index contributed by atoms with van der Waals surface area (Å²) in [4.78, 5) is 94.1. The van der Waals surface area contributed by atoms with E-state index in [0.717, 1.165) is 50.4 Å². The lowest BCUT2D eigenvalue weighted by Crippen LogP contribution is -2.65. The van der Waals surface area contributed by atoms with Gasteiger partial charge in [0.05, 0.1) is 34.8 Å². The van der Waals surface area contributed by atoms with Gasteiger partial charge in [0.1, 0.15) is 23.0 Å². The number of alkyl halides is 3. The molecule has 7 amide bonds. The van der Waals surface area contributed by atoms with Crippen LogP contribution in [-0.4, -0.2) is 122 Å². The number of hydrogen-bond acceptors (Lipinski definition) is 12. The number of fused-ring (bicyclic) bond motifs is 1. The molecule has 69 heavy (non-hydrogen) atoms. The van der Waals surface area contributed by atoms with Gasteiger partial charge in [0.25, 0.3) is 11.8 Å². The van der Waals surface area contributed by atoms with Crippen molar-refractivity contribution in [2.45, 2.75) is 69.6 Å². The Morgan fingerprint density at radius 3 is 2.42 bits per heavy atom. The van der Waals surface area contributed by atoms with Crippen LogP contribution in [0.15, 0.2) is 73.2 Å². The van der Waals surface area contributed by atoms with Crippen molar-refractivity contribution in [2.24, 2.45) is 0 Å². The molecule has 19 nitrogen and oxygen atoms in total. The monoisotopic (exact) mass is 949 g/mol. The number of halogens is 3. The topological polar surface area (TPSA) is 254 Å². The van der Waals surface area contributed by atoms with Crippen LogP contribution in [0.25, 0.3) is 28.2 Å². The van der Waals surface area contributed by atoms with E-state index >= 15 is 0 Å². The zero-order valence-electron chi connectivity index (χ0n) is 37.4. The van der Waals surface area contributed by atoms with Gasteiger partial charge in [0, 0.05) is 86.9 Å². The first-order chi connectivity index (χ1) is 33.2. The zero-order chi connectivity index (χ0) is 48.7. The van der Waals surface area contributed by atoms with Gasteiger partial charge in [-0.15, -0.1) is 0 Å². The molecular weight excluding hydrogens is 900 g/mol. The number of pyridine rings is 3. The highest BCUT2D eigenvalue weighted by atomic mass is 19.4. The standard InChI is InChI=1S/C47H50F3N13O6/c48-47(49,50)32-15-18-52-35(22-32)57-45(68)29-11-9-28(10-12-29)41-40-42(60-59-41)30(23-55-43(40)51)6-4-5-20-61(27-38(65)56-33-7-2-1-3-8-33)39(66)16-19-53-44(67)31-13-14-36(54-24-31)62-25-34(26-62)63-21-17-37(64)58-46(63)69/h4,6,9-15,18,22-24,33-34H,1-3,5,7-8,16-17,19-21,25-27H2,(H2,51,55)(H,53,67)(H,56,65)(H,59,60)(H,52,57,68)(H,58,64,69)/b6-4+. The molecule has 5 aromatic rings. The molecule has 2 saturated heterocycles. The van der Waals surface area contributed by atoms with Crippen LogP contribution < -0.4 is 31.9 Å². The summed E-state index contributed by atoms with van der Waals surface area (Å²) in [6, 6.07) is 10.8. The normalized spacial score (nSPS) is 15.8. The lowest BCUT2D eigenvalue weighted by atomic mass is 9.95. The molecule has 3 fully saturated rings. The van der Waals surface area contributed by atoms with Crippen LogP contribution in [0.5, 0.6) is 0 Å². The maximum atomic E-state index is 13.6. The minimum atomic E-state index is -4.59. The fourth-order valence-electron chi connectivity index (χ4n) is 8.49. The average Bonchev–Trinajstić information content (AvgIpc) is 3.78. The molecule has 6 heterocycles. The van der Waals surface area contributed by atoms with Gasteiger partial charge in [-0.3, -0.25) is 34.4 Å². The molecule has 2 aliphatic heterocycles. The highest BCUT2D eigenvalue weighted by Gasteiger charge is 2.38. The first kappa shape index (κ1) is 47.6. The Labute approximate surface area is 393 Å².